The lowest BCUT2D eigenvalue weighted by molar-refractivity contribution is -0.121. The highest BCUT2D eigenvalue weighted by atomic mass is 19.1. The van der Waals surface area contributed by atoms with Gasteiger partial charge >= 0.3 is 0 Å². The molecule has 140 valence electrons. The molecular formula is C22H24FN3O. The van der Waals surface area contributed by atoms with Gasteiger partial charge in [-0.3, -0.25) is 4.79 Å². The van der Waals surface area contributed by atoms with Crippen molar-refractivity contribution in [3.05, 3.63) is 71.4 Å². The summed E-state index contributed by atoms with van der Waals surface area (Å²) in [6, 6.07) is 10.4. The number of amides is 1. The first-order valence-electron chi connectivity index (χ1n) is 9.58. The van der Waals surface area contributed by atoms with Gasteiger partial charge in [0.1, 0.15) is 11.5 Å². The van der Waals surface area contributed by atoms with Crippen LogP contribution in [0.3, 0.4) is 0 Å². The molecule has 2 aromatic heterocycles. The molecular weight excluding hydrogens is 341 g/mol. The maximum absolute atomic E-state index is 13.3. The third-order valence-electron chi connectivity index (χ3n) is 5.49. The molecule has 0 aliphatic heterocycles. The van der Waals surface area contributed by atoms with Crippen molar-refractivity contribution in [3.63, 3.8) is 0 Å². The largest absolute Gasteiger partial charge is 0.349 e. The van der Waals surface area contributed by atoms with Gasteiger partial charge in [-0.05, 0) is 55.0 Å². The van der Waals surface area contributed by atoms with Crippen LogP contribution in [0.2, 0.25) is 0 Å². The molecule has 5 heteroatoms. The molecule has 1 fully saturated rings. The number of fused-ring (bicyclic) bond motifs is 1. The quantitative estimate of drug-likeness (QED) is 0.730. The Morgan fingerprint density at radius 2 is 2.00 bits per heavy atom. The van der Waals surface area contributed by atoms with Crippen molar-refractivity contribution in [1.82, 2.24) is 14.7 Å². The lowest BCUT2D eigenvalue weighted by Crippen LogP contribution is -2.33. The predicted octanol–water partition coefficient (Wildman–Crippen LogP) is 4.37. The molecule has 1 saturated carbocycles. The summed E-state index contributed by atoms with van der Waals surface area (Å²) in [5, 5.41) is 3.19. The number of nitrogens with zero attached hydrogens (tertiary/aromatic N) is 2. The van der Waals surface area contributed by atoms with Crippen LogP contribution in [0.25, 0.3) is 5.65 Å². The van der Waals surface area contributed by atoms with Crippen molar-refractivity contribution >= 4 is 11.6 Å². The molecule has 1 atom stereocenters. The van der Waals surface area contributed by atoms with Gasteiger partial charge in [0.15, 0.2) is 0 Å². The number of imidazole rings is 1. The Hall–Kier alpha value is -2.69. The lowest BCUT2D eigenvalue weighted by atomic mass is 9.91. The second-order valence-electron chi connectivity index (χ2n) is 7.47. The molecule has 1 aromatic carbocycles. The van der Waals surface area contributed by atoms with Crippen molar-refractivity contribution in [1.29, 1.82) is 0 Å². The minimum absolute atomic E-state index is 0.0442. The van der Waals surface area contributed by atoms with Crippen LogP contribution >= 0.6 is 0 Å². The first-order chi connectivity index (χ1) is 13.1. The number of carbonyl (C=O) groups is 1. The van der Waals surface area contributed by atoms with Crippen molar-refractivity contribution in [2.24, 2.45) is 5.92 Å². The Morgan fingerprint density at radius 3 is 2.70 bits per heavy atom. The van der Waals surface area contributed by atoms with Gasteiger partial charge in [0.05, 0.1) is 18.2 Å². The van der Waals surface area contributed by atoms with Crippen molar-refractivity contribution in [3.8, 4) is 0 Å². The summed E-state index contributed by atoms with van der Waals surface area (Å²) in [4.78, 5) is 17.3. The maximum atomic E-state index is 13.3. The van der Waals surface area contributed by atoms with Crippen LogP contribution < -0.4 is 5.32 Å². The minimum atomic E-state index is -0.254. The number of halogens is 1. The number of hydrogen-bond acceptors (Lipinski definition) is 2. The van der Waals surface area contributed by atoms with E-state index < -0.39 is 0 Å². The Balaban J connectivity index is 1.52. The highest BCUT2D eigenvalue weighted by molar-refractivity contribution is 5.79. The molecule has 1 aliphatic rings. The normalized spacial score (nSPS) is 15.9. The number of hydrogen-bond donors (Lipinski definition) is 1. The van der Waals surface area contributed by atoms with E-state index in [2.05, 4.69) is 10.3 Å². The summed E-state index contributed by atoms with van der Waals surface area (Å²) in [7, 11) is 0. The molecule has 0 unspecified atom stereocenters. The number of carbonyl (C=O) groups excluding carboxylic acids is 1. The monoisotopic (exact) mass is 365 g/mol. The lowest BCUT2D eigenvalue weighted by Gasteiger charge is -2.25. The molecule has 0 bridgehead atoms. The molecule has 2 heterocycles. The number of rotatable bonds is 5. The van der Waals surface area contributed by atoms with Crippen molar-refractivity contribution < 1.29 is 9.18 Å². The zero-order valence-corrected chi connectivity index (χ0v) is 15.5. The molecule has 0 spiro atoms. The molecule has 0 saturated heterocycles. The van der Waals surface area contributed by atoms with E-state index >= 15 is 0 Å². The molecule has 27 heavy (non-hydrogen) atoms. The van der Waals surface area contributed by atoms with E-state index in [0.717, 1.165) is 35.3 Å². The summed E-state index contributed by atoms with van der Waals surface area (Å²) in [5.41, 5.74) is 3.69. The Kier molecular flexibility index (Phi) is 4.92. The fraction of sp³-hybridized carbons (Fsp3) is 0.364. The van der Waals surface area contributed by atoms with Crippen LogP contribution in [0.15, 0.2) is 48.8 Å². The first kappa shape index (κ1) is 17.7. The molecule has 0 radical (unpaired) electrons. The Bertz CT molecular complexity index is 942. The van der Waals surface area contributed by atoms with Crippen LogP contribution in [-0.4, -0.2) is 15.3 Å². The van der Waals surface area contributed by atoms with Crippen LogP contribution in [0, 0.1) is 18.7 Å². The number of pyridine rings is 1. The van der Waals surface area contributed by atoms with E-state index in [1.54, 1.807) is 12.1 Å². The van der Waals surface area contributed by atoms with E-state index in [1.165, 1.54) is 25.0 Å². The standard InChI is InChI=1S/C22H24FN3O/c1-15-5-4-12-26-14-19(24-22(15)26)13-20(27)25-21(16-6-2-3-7-16)17-8-10-18(23)11-9-17/h4-5,8-12,14,16,21H,2-3,6-7,13H2,1H3,(H,25,27)/t21-/m1/s1. The zero-order valence-electron chi connectivity index (χ0n) is 15.5. The van der Waals surface area contributed by atoms with Crippen molar-refractivity contribution in [2.75, 3.05) is 0 Å². The summed E-state index contributed by atoms with van der Waals surface area (Å²) in [5.74, 6) is 0.107. The maximum Gasteiger partial charge on any atom is 0.226 e. The number of aryl methyl sites for hydroxylation is 1. The van der Waals surface area contributed by atoms with Crippen LogP contribution in [-0.2, 0) is 11.2 Å². The molecule has 3 aromatic rings. The van der Waals surface area contributed by atoms with Gasteiger partial charge < -0.3 is 9.72 Å². The van der Waals surface area contributed by atoms with Gasteiger partial charge in [-0.1, -0.05) is 31.0 Å². The topological polar surface area (TPSA) is 46.4 Å². The molecule has 4 nitrogen and oxygen atoms in total. The van der Waals surface area contributed by atoms with Gasteiger partial charge in [0.25, 0.3) is 0 Å². The highest BCUT2D eigenvalue weighted by Crippen LogP contribution is 2.35. The van der Waals surface area contributed by atoms with E-state index in [0.29, 0.717) is 5.92 Å². The zero-order chi connectivity index (χ0) is 18.8. The van der Waals surface area contributed by atoms with Gasteiger partial charge in [-0.2, -0.15) is 0 Å². The third-order valence-corrected chi connectivity index (χ3v) is 5.49. The van der Waals surface area contributed by atoms with Crippen molar-refractivity contribution in [2.45, 2.75) is 45.1 Å². The third kappa shape index (κ3) is 3.87. The Morgan fingerprint density at radius 1 is 1.26 bits per heavy atom. The second-order valence-corrected chi connectivity index (χ2v) is 7.47. The average molecular weight is 365 g/mol. The number of benzene rings is 1. The summed E-state index contributed by atoms with van der Waals surface area (Å²) in [6.07, 6.45) is 8.64. The first-order valence-corrected chi connectivity index (χ1v) is 9.58. The van der Waals surface area contributed by atoms with E-state index in [-0.39, 0.29) is 24.2 Å². The Labute approximate surface area is 158 Å². The van der Waals surface area contributed by atoms with Gasteiger partial charge in [0.2, 0.25) is 5.91 Å². The highest BCUT2D eigenvalue weighted by Gasteiger charge is 2.28. The average Bonchev–Trinajstić information content (AvgIpc) is 3.31. The smallest absolute Gasteiger partial charge is 0.226 e. The minimum Gasteiger partial charge on any atom is -0.349 e. The van der Waals surface area contributed by atoms with Gasteiger partial charge in [-0.25, -0.2) is 9.37 Å². The SMILES string of the molecule is Cc1cccn2cc(CC(=O)N[C@@H](c3ccc(F)cc3)C3CCCC3)nc12. The molecule has 1 N–H and O–H groups in total. The van der Waals surface area contributed by atoms with Crippen LogP contribution in [0.1, 0.15) is 48.5 Å². The summed E-state index contributed by atoms with van der Waals surface area (Å²) < 4.78 is 15.3. The summed E-state index contributed by atoms with van der Waals surface area (Å²) in [6.45, 7) is 2.01. The fourth-order valence-electron chi connectivity index (χ4n) is 4.11. The fourth-order valence-corrected chi connectivity index (χ4v) is 4.11. The summed E-state index contributed by atoms with van der Waals surface area (Å²) >= 11 is 0. The van der Waals surface area contributed by atoms with E-state index in [4.69, 9.17) is 0 Å². The van der Waals surface area contributed by atoms with Gasteiger partial charge in [-0.15, -0.1) is 0 Å². The second kappa shape index (κ2) is 7.51. The molecule has 4 rings (SSSR count). The molecule has 1 amide bonds. The van der Waals surface area contributed by atoms with E-state index in [9.17, 15) is 9.18 Å². The number of nitrogens with one attached hydrogen (secondary N) is 1. The number of aromatic nitrogens is 2. The van der Waals surface area contributed by atoms with Gasteiger partial charge in [0, 0.05) is 12.4 Å². The van der Waals surface area contributed by atoms with E-state index in [1.807, 2.05) is 35.9 Å². The van der Waals surface area contributed by atoms with Crippen LogP contribution in [0.5, 0.6) is 0 Å². The van der Waals surface area contributed by atoms with Crippen LogP contribution in [0.4, 0.5) is 4.39 Å². The molecule has 1 aliphatic carbocycles. The predicted molar refractivity (Wildman–Crippen MR) is 103 cm³/mol.